The fraction of sp³-hybridized carbons (Fsp3) is 0.167. The smallest absolute Gasteiger partial charge is 0.0485 e. The van der Waals surface area contributed by atoms with Crippen molar-refractivity contribution in [1.82, 2.24) is 4.98 Å². The topological polar surface area (TPSA) is 24.9 Å². The zero-order valence-electron chi connectivity index (χ0n) is 11.8. The maximum Gasteiger partial charge on any atom is 0.0485 e. The van der Waals surface area contributed by atoms with Crippen LogP contribution in [0.2, 0.25) is 0 Å². The molecule has 0 bridgehead atoms. The molecule has 0 radical (unpaired) electrons. The molecule has 3 aromatic rings. The van der Waals surface area contributed by atoms with Crippen molar-refractivity contribution in [3.63, 3.8) is 0 Å². The zero-order valence-corrected chi connectivity index (χ0v) is 11.8. The van der Waals surface area contributed by atoms with Crippen LogP contribution in [0.4, 0.5) is 5.69 Å². The van der Waals surface area contributed by atoms with Crippen LogP contribution < -0.4 is 5.32 Å². The lowest BCUT2D eigenvalue weighted by Crippen LogP contribution is -2.07. The van der Waals surface area contributed by atoms with E-state index in [0.29, 0.717) is 0 Å². The lowest BCUT2D eigenvalue weighted by Gasteiger charge is -2.17. The second kappa shape index (κ2) is 5.33. The van der Waals surface area contributed by atoms with E-state index in [1.807, 2.05) is 12.4 Å². The second-order valence-corrected chi connectivity index (χ2v) is 5.18. The minimum absolute atomic E-state index is 0.272. The van der Waals surface area contributed by atoms with E-state index < -0.39 is 0 Å². The molecule has 1 N–H and O–H groups in total. The summed E-state index contributed by atoms with van der Waals surface area (Å²) in [6.07, 6.45) is 3.74. The first kappa shape index (κ1) is 12.7. The highest BCUT2D eigenvalue weighted by molar-refractivity contribution is 5.93. The number of hydrogen-bond donors (Lipinski definition) is 1. The highest BCUT2D eigenvalue weighted by Crippen LogP contribution is 2.26. The third kappa shape index (κ3) is 2.50. The van der Waals surface area contributed by atoms with Gasteiger partial charge in [0.15, 0.2) is 0 Å². The Hall–Kier alpha value is -2.35. The molecule has 3 rings (SSSR count). The lowest BCUT2D eigenvalue weighted by atomic mass is 10.0. The van der Waals surface area contributed by atoms with E-state index in [2.05, 4.69) is 72.7 Å². The van der Waals surface area contributed by atoms with Crippen LogP contribution in [0.3, 0.4) is 0 Å². The van der Waals surface area contributed by atoms with Gasteiger partial charge < -0.3 is 5.32 Å². The molecule has 0 saturated heterocycles. The molecule has 0 aliphatic rings. The van der Waals surface area contributed by atoms with E-state index in [1.165, 1.54) is 16.5 Å². The van der Waals surface area contributed by atoms with Crippen LogP contribution >= 0.6 is 0 Å². The molecular formula is C18H18N2. The standard InChI is InChI=1S/C18H18N2/c1-13-5-3-6-15(11-13)14(2)20-18-8-4-7-16-12-19-10-9-17(16)18/h3-12,14,20H,1-2H3. The van der Waals surface area contributed by atoms with Crippen molar-refractivity contribution in [2.24, 2.45) is 0 Å². The summed E-state index contributed by atoms with van der Waals surface area (Å²) < 4.78 is 0. The van der Waals surface area contributed by atoms with Crippen LogP contribution in [0.25, 0.3) is 10.8 Å². The molecule has 0 aliphatic carbocycles. The van der Waals surface area contributed by atoms with Gasteiger partial charge in [0.05, 0.1) is 0 Å². The Morgan fingerprint density at radius 2 is 1.90 bits per heavy atom. The summed E-state index contributed by atoms with van der Waals surface area (Å²) in [5.41, 5.74) is 3.74. The van der Waals surface area contributed by atoms with Gasteiger partial charge in [-0.05, 0) is 31.5 Å². The van der Waals surface area contributed by atoms with Crippen molar-refractivity contribution in [3.05, 3.63) is 72.1 Å². The van der Waals surface area contributed by atoms with Crippen molar-refractivity contribution >= 4 is 16.5 Å². The molecule has 2 nitrogen and oxygen atoms in total. The number of nitrogens with one attached hydrogen (secondary N) is 1. The van der Waals surface area contributed by atoms with E-state index >= 15 is 0 Å². The molecule has 1 atom stereocenters. The first-order valence-electron chi connectivity index (χ1n) is 6.90. The number of hydrogen-bond acceptors (Lipinski definition) is 2. The molecule has 1 aromatic heterocycles. The molecule has 0 spiro atoms. The summed E-state index contributed by atoms with van der Waals surface area (Å²) in [7, 11) is 0. The van der Waals surface area contributed by atoms with E-state index in [-0.39, 0.29) is 6.04 Å². The summed E-state index contributed by atoms with van der Waals surface area (Å²) in [6.45, 7) is 4.31. The maximum absolute atomic E-state index is 4.18. The summed E-state index contributed by atoms with van der Waals surface area (Å²) >= 11 is 0. The molecular weight excluding hydrogens is 244 g/mol. The first-order valence-corrected chi connectivity index (χ1v) is 6.90. The maximum atomic E-state index is 4.18. The SMILES string of the molecule is Cc1cccc(C(C)Nc2cccc3cnccc23)c1. The van der Waals surface area contributed by atoms with Crippen molar-refractivity contribution in [1.29, 1.82) is 0 Å². The molecule has 1 unspecified atom stereocenters. The van der Waals surface area contributed by atoms with Crippen molar-refractivity contribution in [3.8, 4) is 0 Å². The number of aryl methyl sites for hydroxylation is 1. The van der Waals surface area contributed by atoms with Gasteiger partial charge in [-0.25, -0.2) is 0 Å². The predicted molar refractivity (Wildman–Crippen MR) is 85.0 cm³/mol. The number of anilines is 1. The fourth-order valence-electron chi connectivity index (χ4n) is 2.50. The Kier molecular flexibility index (Phi) is 3.38. The second-order valence-electron chi connectivity index (χ2n) is 5.18. The number of fused-ring (bicyclic) bond motifs is 1. The summed E-state index contributed by atoms with van der Waals surface area (Å²) in [6, 6.07) is 17.2. The van der Waals surface area contributed by atoms with Gasteiger partial charge in [0.2, 0.25) is 0 Å². The van der Waals surface area contributed by atoms with E-state index in [9.17, 15) is 0 Å². The number of aromatic nitrogens is 1. The number of nitrogens with zero attached hydrogens (tertiary/aromatic N) is 1. The summed E-state index contributed by atoms with van der Waals surface area (Å²) in [5.74, 6) is 0. The minimum atomic E-state index is 0.272. The van der Waals surface area contributed by atoms with Gasteiger partial charge >= 0.3 is 0 Å². The fourth-order valence-corrected chi connectivity index (χ4v) is 2.50. The Morgan fingerprint density at radius 3 is 2.75 bits per heavy atom. The minimum Gasteiger partial charge on any atom is -0.378 e. The predicted octanol–water partition coefficient (Wildman–Crippen LogP) is 4.72. The molecule has 2 heteroatoms. The van der Waals surface area contributed by atoms with Crippen molar-refractivity contribution < 1.29 is 0 Å². The molecule has 100 valence electrons. The summed E-state index contributed by atoms with van der Waals surface area (Å²) in [5, 5.41) is 5.97. The average molecular weight is 262 g/mol. The van der Waals surface area contributed by atoms with Crippen LogP contribution in [0.5, 0.6) is 0 Å². The quantitative estimate of drug-likeness (QED) is 0.739. The monoisotopic (exact) mass is 262 g/mol. The number of pyridine rings is 1. The average Bonchev–Trinajstić information content (AvgIpc) is 2.47. The Bertz CT molecular complexity index is 729. The highest BCUT2D eigenvalue weighted by Gasteiger charge is 2.07. The third-order valence-corrected chi connectivity index (χ3v) is 3.59. The van der Waals surface area contributed by atoms with E-state index in [1.54, 1.807) is 0 Å². The van der Waals surface area contributed by atoms with Crippen LogP contribution in [0.1, 0.15) is 24.1 Å². The Morgan fingerprint density at radius 1 is 1.05 bits per heavy atom. The lowest BCUT2D eigenvalue weighted by molar-refractivity contribution is 0.885. The largest absolute Gasteiger partial charge is 0.378 e. The number of rotatable bonds is 3. The normalized spacial score (nSPS) is 12.3. The van der Waals surface area contributed by atoms with Crippen LogP contribution in [0.15, 0.2) is 60.9 Å². The molecule has 0 amide bonds. The molecule has 0 fully saturated rings. The molecule has 1 heterocycles. The van der Waals surface area contributed by atoms with Crippen LogP contribution in [-0.4, -0.2) is 4.98 Å². The molecule has 2 aromatic carbocycles. The molecule has 20 heavy (non-hydrogen) atoms. The number of benzene rings is 2. The van der Waals surface area contributed by atoms with E-state index in [0.717, 1.165) is 11.1 Å². The summed E-state index contributed by atoms with van der Waals surface area (Å²) in [4.78, 5) is 4.18. The van der Waals surface area contributed by atoms with Crippen LogP contribution in [-0.2, 0) is 0 Å². The first-order chi connectivity index (χ1) is 9.74. The van der Waals surface area contributed by atoms with Crippen LogP contribution in [0, 0.1) is 6.92 Å². The van der Waals surface area contributed by atoms with Crippen molar-refractivity contribution in [2.45, 2.75) is 19.9 Å². The molecule has 0 saturated carbocycles. The Labute approximate surface area is 119 Å². The third-order valence-electron chi connectivity index (χ3n) is 3.59. The van der Waals surface area contributed by atoms with Gasteiger partial charge in [0.1, 0.15) is 0 Å². The van der Waals surface area contributed by atoms with E-state index in [4.69, 9.17) is 0 Å². The molecule has 0 aliphatic heterocycles. The van der Waals surface area contributed by atoms with Gasteiger partial charge in [-0.15, -0.1) is 0 Å². The van der Waals surface area contributed by atoms with Gasteiger partial charge in [-0.1, -0.05) is 42.0 Å². The highest BCUT2D eigenvalue weighted by atomic mass is 14.9. The zero-order chi connectivity index (χ0) is 13.9. The van der Waals surface area contributed by atoms with Crippen molar-refractivity contribution in [2.75, 3.05) is 5.32 Å². The van der Waals surface area contributed by atoms with Gasteiger partial charge in [-0.2, -0.15) is 0 Å². The van der Waals surface area contributed by atoms with Gasteiger partial charge in [-0.3, -0.25) is 4.98 Å². The van der Waals surface area contributed by atoms with Gasteiger partial charge in [0, 0.05) is 34.9 Å². The van der Waals surface area contributed by atoms with Gasteiger partial charge in [0.25, 0.3) is 0 Å². The Balaban J connectivity index is 1.93.